The van der Waals surface area contributed by atoms with E-state index in [4.69, 9.17) is 4.74 Å². The number of ether oxygens (including phenoxy) is 1. The molecule has 0 radical (unpaired) electrons. The van der Waals surface area contributed by atoms with E-state index >= 15 is 0 Å². The van der Waals surface area contributed by atoms with Gasteiger partial charge >= 0.3 is 12.0 Å². The first-order valence-corrected chi connectivity index (χ1v) is 9.41. The number of carbonyl (C=O) groups is 4. The van der Waals surface area contributed by atoms with Gasteiger partial charge in [0.25, 0.3) is 11.8 Å². The van der Waals surface area contributed by atoms with Crippen LogP contribution in [0.1, 0.15) is 42.0 Å². The summed E-state index contributed by atoms with van der Waals surface area (Å²) in [5, 5.41) is 7.48. The largest absolute Gasteiger partial charge is 0.452 e. The summed E-state index contributed by atoms with van der Waals surface area (Å²) in [5.74, 6) is -2.08. The molecule has 10 nitrogen and oxygen atoms in total. The van der Waals surface area contributed by atoms with Crippen LogP contribution in [0.5, 0.6) is 0 Å². The number of nitrogens with one attached hydrogen (secondary N) is 2. The standard InChI is InChI=1S/C20H23N5O5/c1-5-20(4)18(28)25(19(29)21-20)23-16(26)11-30-17(27)14-6-8-15(9-7-14)24-13(3)10-12(2)22-24/h6-10H,5,11H2,1-4H3,(H,21,29)(H,23,26). The summed E-state index contributed by atoms with van der Waals surface area (Å²) in [5.41, 5.74) is 3.96. The molecule has 1 aliphatic heterocycles. The van der Waals surface area contributed by atoms with Gasteiger partial charge in [0.05, 0.1) is 16.9 Å². The van der Waals surface area contributed by atoms with Gasteiger partial charge in [-0.3, -0.25) is 15.0 Å². The van der Waals surface area contributed by atoms with Crippen LogP contribution in [0.3, 0.4) is 0 Å². The number of aryl methyl sites for hydroxylation is 2. The number of nitrogens with zero attached hydrogens (tertiary/aromatic N) is 3. The fourth-order valence-corrected chi connectivity index (χ4v) is 3.03. The van der Waals surface area contributed by atoms with E-state index < -0.39 is 36.0 Å². The third-order valence-electron chi connectivity index (χ3n) is 4.90. The first-order valence-electron chi connectivity index (χ1n) is 9.41. The second-order valence-corrected chi connectivity index (χ2v) is 7.25. The van der Waals surface area contributed by atoms with Crippen molar-refractivity contribution in [2.45, 2.75) is 39.7 Å². The highest BCUT2D eigenvalue weighted by atomic mass is 16.5. The number of hydrogen-bond acceptors (Lipinski definition) is 6. The van der Waals surface area contributed by atoms with Crippen molar-refractivity contribution in [1.82, 2.24) is 25.5 Å². The number of esters is 1. The molecule has 1 atom stereocenters. The Kier molecular flexibility index (Phi) is 5.59. The number of amides is 4. The third kappa shape index (κ3) is 4.02. The average molecular weight is 413 g/mol. The molecule has 30 heavy (non-hydrogen) atoms. The molecule has 1 aromatic heterocycles. The molecule has 1 aromatic carbocycles. The Morgan fingerprint density at radius 1 is 1.20 bits per heavy atom. The monoisotopic (exact) mass is 413 g/mol. The van der Waals surface area contributed by atoms with Crippen LogP contribution in [0.4, 0.5) is 4.79 Å². The minimum atomic E-state index is -1.08. The fraction of sp³-hybridized carbons (Fsp3) is 0.350. The van der Waals surface area contributed by atoms with Crippen LogP contribution in [-0.2, 0) is 14.3 Å². The minimum Gasteiger partial charge on any atom is -0.452 e. The van der Waals surface area contributed by atoms with Crippen molar-refractivity contribution in [3.63, 3.8) is 0 Å². The Hall–Kier alpha value is -3.69. The van der Waals surface area contributed by atoms with Gasteiger partial charge in [-0.15, -0.1) is 0 Å². The average Bonchev–Trinajstić information content (AvgIpc) is 3.17. The van der Waals surface area contributed by atoms with E-state index in [2.05, 4.69) is 15.8 Å². The SMILES string of the molecule is CCC1(C)NC(=O)N(NC(=O)COC(=O)c2ccc(-n3nc(C)cc3C)cc2)C1=O. The van der Waals surface area contributed by atoms with Crippen molar-refractivity contribution >= 4 is 23.8 Å². The van der Waals surface area contributed by atoms with Crippen LogP contribution in [0.25, 0.3) is 5.69 Å². The first kappa shape index (κ1) is 21.0. The van der Waals surface area contributed by atoms with E-state index in [9.17, 15) is 19.2 Å². The van der Waals surface area contributed by atoms with Crippen LogP contribution in [0.15, 0.2) is 30.3 Å². The zero-order valence-electron chi connectivity index (χ0n) is 17.2. The highest BCUT2D eigenvalue weighted by molar-refractivity contribution is 6.07. The number of benzene rings is 1. The summed E-state index contributed by atoms with van der Waals surface area (Å²) in [7, 11) is 0. The molecule has 1 saturated heterocycles. The Balaban J connectivity index is 1.56. The highest BCUT2D eigenvalue weighted by Gasteiger charge is 2.47. The molecular weight excluding hydrogens is 390 g/mol. The Morgan fingerprint density at radius 3 is 2.40 bits per heavy atom. The number of rotatable bonds is 6. The minimum absolute atomic E-state index is 0.252. The molecule has 158 valence electrons. The maximum absolute atomic E-state index is 12.3. The van der Waals surface area contributed by atoms with Crippen molar-refractivity contribution in [1.29, 1.82) is 0 Å². The lowest BCUT2D eigenvalue weighted by Gasteiger charge is -2.19. The lowest BCUT2D eigenvalue weighted by atomic mass is 10.00. The van der Waals surface area contributed by atoms with E-state index in [1.807, 2.05) is 19.9 Å². The van der Waals surface area contributed by atoms with Gasteiger partial charge in [0.2, 0.25) is 0 Å². The van der Waals surface area contributed by atoms with Gasteiger partial charge in [-0.1, -0.05) is 6.92 Å². The van der Waals surface area contributed by atoms with Gasteiger partial charge < -0.3 is 10.1 Å². The van der Waals surface area contributed by atoms with E-state index in [0.29, 0.717) is 11.4 Å². The van der Waals surface area contributed by atoms with Crippen molar-refractivity contribution in [2.75, 3.05) is 6.61 Å². The number of aromatic nitrogens is 2. The maximum Gasteiger partial charge on any atom is 0.344 e. The molecule has 1 fully saturated rings. The lowest BCUT2D eigenvalue weighted by molar-refractivity contribution is -0.139. The number of carbonyl (C=O) groups excluding carboxylic acids is 4. The van der Waals surface area contributed by atoms with Crippen molar-refractivity contribution in [3.8, 4) is 5.69 Å². The quantitative estimate of drug-likeness (QED) is 0.545. The molecule has 4 amide bonds. The smallest absolute Gasteiger partial charge is 0.344 e. The van der Waals surface area contributed by atoms with Gasteiger partial charge in [0.1, 0.15) is 5.54 Å². The van der Waals surface area contributed by atoms with Crippen LogP contribution >= 0.6 is 0 Å². The third-order valence-corrected chi connectivity index (χ3v) is 4.90. The summed E-state index contributed by atoms with van der Waals surface area (Å²) in [6.07, 6.45) is 0.368. The van der Waals surface area contributed by atoms with Crippen LogP contribution in [-0.4, -0.2) is 50.7 Å². The normalized spacial score (nSPS) is 18.3. The van der Waals surface area contributed by atoms with Gasteiger partial charge in [-0.25, -0.2) is 14.3 Å². The molecule has 1 unspecified atom stereocenters. The summed E-state index contributed by atoms with van der Waals surface area (Å²) < 4.78 is 6.73. The second kappa shape index (κ2) is 7.97. The number of hydrogen-bond donors (Lipinski definition) is 2. The van der Waals surface area contributed by atoms with Gasteiger partial charge in [-0.05, 0) is 57.5 Å². The summed E-state index contributed by atoms with van der Waals surface area (Å²) in [6, 6.07) is 7.77. The fourth-order valence-electron chi connectivity index (χ4n) is 3.03. The second-order valence-electron chi connectivity index (χ2n) is 7.25. The van der Waals surface area contributed by atoms with Gasteiger partial charge in [-0.2, -0.15) is 10.1 Å². The predicted octanol–water partition coefficient (Wildman–Crippen LogP) is 1.40. The molecule has 2 aromatic rings. The number of imide groups is 1. The molecule has 0 saturated carbocycles. The highest BCUT2D eigenvalue weighted by Crippen LogP contribution is 2.19. The Morgan fingerprint density at radius 2 is 1.87 bits per heavy atom. The summed E-state index contributed by atoms with van der Waals surface area (Å²) in [4.78, 5) is 48.4. The number of hydrazine groups is 1. The van der Waals surface area contributed by atoms with Gasteiger partial charge in [0.15, 0.2) is 6.61 Å². The molecule has 2 N–H and O–H groups in total. The van der Waals surface area contributed by atoms with Gasteiger partial charge in [0, 0.05) is 5.69 Å². The molecule has 2 heterocycles. The van der Waals surface area contributed by atoms with E-state index in [1.54, 1.807) is 42.8 Å². The van der Waals surface area contributed by atoms with Crippen LogP contribution in [0.2, 0.25) is 0 Å². The molecule has 0 aliphatic carbocycles. The van der Waals surface area contributed by atoms with Crippen molar-refractivity contribution in [3.05, 3.63) is 47.3 Å². The maximum atomic E-state index is 12.3. The molecule has 1 aliphatic rings. The Labute approximate surface area is 173 Å². The zero-order valence-corrected chi connectivity index (χ0v) is 17.2. The van der Waals surface area contributed by atoms with E-state index in [0.717, 1.165) is 17.1 Å². The Bertz CT molecular complexity index is 1010. The summed E-state index contributed by atoms with van der Waals surface area (Å²) >= 11 is 0. The van der Waals surface area contributed by atoms with E-state index in [-0.39, 0.29) is 5.56 Å². The zero-order chi connectivity index (χ0) is 22.1. The van der Waals surface area contributed by atoms with Crippen LogP contribution < -0.4 is 10.7 Å². The molecular formula is C20H23N5O5. The van der Waals surface area contributed by atoms with Crippen molar-refractivity contribution < 1.29 is 23.9 Å². The van der Waals surface area contributed by atoms with E-state index in [1.165, 1.54) is 0 Å². The van der Waals surface area contributed by atoms with Crippen LogP contribution in [0, 0.1) is 13.8 Å². The number of urea groups is 1. The summed E-state index contributed by atoms with van der Waals surface area (Å²) in [6.45, 7) is 6.48. The lowest BCUT2D eigenvalue weighted by Crippen LogP contribution is -2.49. The molecule has 0 bridgehead atoms. The first-order chi connectivity index (χ1) is 14.1. The van der Waals surface area contributed by atoms with Crippen molar-refractivity contribution in [2.24, 2.45) is 0 Å². The topological polar surface area (TPSA) is 123 Å². The molecule has 0 spiro atoms. The predicted molar refractivity (Wildman–Crippen MR) is 106 cm³/mol. The molecule has 10 heteroatoms. The molecule has 3 rings (SSSR count).